The van der Waals surface area contributed by atoms with Crippen LogP contribution in [0.4, 0.5) is 0 Å². The molecule has 2 aliphatic rings. The lowest BCUT2D eigenvalue weighted by molar-refractivity contribution is -0.149. The molecule has 1 aliphatic heterocycles. The maximum atomic E-state index is 11.9. The summed E-state index contributed by atoms with van der Waals surface area (Å²) >= 11 is 0. The topological polar surface area (TPSA) is 57.6 Å². The number of carboxylic acid groups (broad SMARTS) is 1. The maximum absolute atomic E-state index is 11.9. The molecule has 0 radical (unpaired) electrons. The van der Waals surface area contributed by atoms with E-state index in [1.54, 1.807) is 0 Å². The van der Waals surface area contributed by atoms with Gasteiger partial charge in [0.1, 0.15) is 0 Å². The summed E-state index contributed by atoms with van der Waals surface area (Å²) in [4.78, 5) is 24.9. The summed E-state index contributed by atoms with van der Waals surface area (Å²) in [7, 11) is 0. The van der Waals surface area contributed by atoms with Crippen molar-refractivity contribution in [2.45, 2.75) is 57.9 Å². The summed E-state index contributed by atoms with van der Waals surface area (Å²) in [5.74, 6) is -0.148. The molecule has 4 heteroatoms. The van der Waals surface area contributed by atoms with Crippen LogP contribution in [0.15, 0.2) is 0 Å². The number of nitrogens with zero attached hydrogens (tertiary/aromatic N) is 1. The Balaban J connectivity index is 1.94. The molecule has 0 aromatic carbocycles. The molecule has 102 valence electrons. The molecule has 0 aromatic rings. The number of amides is 1. The van der Waals surface area contributed by atoms with Crippen LogP contribution in [0.1, 0.15) is 51.9 Å². The Morgan fingerprint density at radius 2 is 1.94 bits per heavy atom. The van der Waals surface area contributed by atoms with E-state index in [-0.39, 0.29) is 11.8 Å². The first kappa shape index (κ1) is 13.4. The van der Waals surface area contributed by atoms with Gasteiger partial charge in [-0.2, -0.15) is 0 Å². The highest BCUT2D eigenvalue weighted by atomic mass is 16.4. The van der Waals surface area contributed by atoms with Gasteiger partial charge in [0.2, 0.25) is 5.91 Å². The average Bonchev–Trinajstić information content (AvgIpc) is 2.39. The van der Waals surface area contributed by atoms with Crippen LogP contribution in [0, 0.1) is 11.8 Å². The van der Waals surface area contributed by atoms with Crippen molar-refractivity contribution in [2.75, 3.05) is 6.54 Å². The van der Waals surface area contributed by atoms with E-state index in [2.05, 4.69) is 6.92 Å². The van der Waals surface area contributed by atoms with E-state index in [0.717, 1.165) is 18.8 Å². The minimum Gasteiger partial charge on any atom is -0.481 e. The zero-order chi connectivity index (χ0) is 13.1. The fraction of sp³-hybridized carbons (Fsp3) is 0.857. The Morgan fingerprint density at radius 1 is 1.28 bits per heavy atom. The second-order valence-corrected chi connectivity index (χ2v) is 5.70. The second-order valence-electron chi connectivity index (χ2n) is 5.70. The molecular weight excluding hydrogens is 230 g/mol. The van der Waals surface area contributed by atoms with Gasteiger partial charge in [0.25, 0.3) is 0 Å². The van der Waals surface area contributed by atoms with Crippen LogP contribution in [-0.2, 0) is 9.59 Å². The average molecular weight is 253 g/mol. The van der Waals surface area contributed by atoms with Crippen molar-refractivity contribution >= 4 is 11.9 Å². The van der Waals surface area contributed by atoms with Crippen molar-refractivity contribution in [2.24, 2.45) is 11.8 Å². The highest BCUT2D eigenvalue weighted by Gasteiger charge is 2.35. The summed E-state index contributed by atoms with van der Waals surface area (Å²) in [5, 5.41) is 9.08. The monoisotopic (exact) mass is 253 g/mol. The molecule has 2 fully saturated rings. The fourth-order valence-corrected chi connectivity index (χ4v) is 3.29. The molecule has 4 nitrogen and oxygen atoms in total. The first-order valence-electron chi connectivity index (χ1n) is 7.14. The van der Waals surface area contributed by atoms with Gasteiger partial charge in [-0.1, -0.05) is 13.3 Å². The number of rotatable bonds is 3. The third-order valence-electron chi connectivity index (χ3n) is 4.63. The second kappa shape index (κ2) is 5.72. The maximum Gasteiger partial charge on any atom is 0.308 e. The Morgan fingerprint density at radius 3 is 2.50 bits per heavy atom. The number of carbonyl (C=O) groups excluding carboxylic acids is 1. The van der Waals surface area contributed by atoms with E-state index in [0.29, 0.717) is 25.4 Å². The molecule has 0 aromatic heterocycles. The van der Waals surface area contributed by atoms with Crippen molar-refractivity contribution in [3.05, 3.63) is 0 Å². The zero-order valence-corrected chi connectivity index (χ0v) is 11.1. The van der Waals surface area contributed by atoms with Crippen LogP contribution in [0.25, 0.3) is 0 Å². The van der Waals surface area contributed by atoms with Gasteiger partial charge in [-0.05, 0) is 38.0 Å². The molecule has 1 N–H and O–H groups in total. The lowest BCUT2D eigenvalue weighted by atomic mass is 9.82. The van der Waals surface area contributed by atoms with Crippen LogP contribution in [0.5, 0.6) is 0 Å². The summed E-state index contributed by atoms with van der Waals surface area (Å²) in [6.07, 6.45) is 6.61. The van der Waals surface area contributed by atoms with E-state index in [1.807, 2.05) is 4.90 Å². The zero-order valence-electron chi connectivity index (χ0n) is 11.1. The van der Waals surface area contributed by atoms with Crippen molar-refractivity contribution in [1.29, 1.82) is 0 Å². The minimum atomic E-state index is -0.755. The Kier molecular flexibility index (Phi) is 4.25. The molecule has 1 saturated heterocycles. The van der Waals surface area contributed by atoms with E-state index in [4.69, 9.17) is 5.11 Å². The van der Waals surface area contributed by atoms with Crippen molar-refractivity contribution < 1.29 is 14.7 Å². The van der Waals surface area contributed by atoms with E-state index in [9.17, 15) is 9.59 Å². The first-order chi connectivity index (χ1) is 8.61. The molecular formula is C14H23NO3. The van der Waals surface area contributed by atoms with E-state index >= 15 is 0 Å². The minimum absolute atomic E-state index is 0.160. The number of carbonyl (C=O) groups is 2. The van der Waals surface area contributed by atoms with Crippen molar-refractivity contribution in [3.8, 4) is 0 Å². The van der Waals surface area contributed by atoms with Gasteiger partial charge in [0, 0.05) is 19.0 Å². The normalized spacial score (nSPS) is 33.5. The van der Waals surface area contributed by atoms with Gasteiger partial charge in [-0.3, -0.25) is 9.59 Å². The molecule has 18 heavy (non-hydrogen) atoms. The Hall–Kier alpha value is -1.06. The number of carboxylic acids is 1. The third-order valence-corrected chi connectivity index (χ3v) is 4.63. The summed E-state index contributed by atoms with van der Waals surface area (Å²) in [5.41, 5.74) is 0. The van der Waals surface area contributed by atoms with Crippen LogP contribution in [0.3, 0.4) is 0 Å². The van der Waals surface area contributed by atoms with Crippen LogP contribution < -0.4 is 0 Å². The lowest BCUT2D eigenvalue weighted by Gasteiger charge is -2.40. The van der Waals surface area contributed by atoms with Crippen LogP contribution >= 0.6 is 0 Å². The number of hydrogen-bond acceptors (Lipinski definition) is 2. The van der Waals surface area contributed by atoms with Crippen molar-refractivity contribution in [3.63, 3.8) is 0 Å². The van der Waals surface area contributed by atoms with Crippen LogP contribution in [0.2, 0.25) is 0 Å². The number of piperidine rings is 1. The summed E-state index contributed by atoms with van der Waals surface area (Å²) in [6.45, 7) is 2.65. The van der Waals surface area contributed by atoms with Gasteiger partial charge in [-0.15, -0.1) is 0 Å². The number of aliphatic carboxylic acids is 1. The van der Waals surface area contributed by atoms with Crippen molar-refractivity contribution in [1.82, 2.24) is 4.90 Å². The van der Waals surface area contributed by atoms with Crippen LogP contribution in [-0.4, -0.2) is 34.5 Å². The predicted octanol–water partition coefficient (Wildman–Crippen LogP) is 2.28. The number of likely N-dealkylation sites (tertiary alicyclic amines) is 1. The molecule has 1 amide bonds. The van der Waals surface area contributed by atoms with Gasteiger partial charge in [0.15, 0.2) is 0 Å². The molecule has 1 unspecified atom stereocenters. The highest BCUT2D eigenvalue weighted by Crippen LogP contribution is 2.32. The summed E-state index contributed by atoms with van der Waals surface area (Å²) in [6, 6.07) is 0.294. The Labute approximate surface area is 108 Å². The largest absolute Gasteiger partial charge is 0.481 e. The third kappa shape index (κ3) is 2.85. The molecule has 1 aliphatic carbocycles. The molecule has 0 bridgehead atoms. The predicted molar refractivity (Wildman–Crippen MR) is 68.1 cm³/mol. The van der Waals surface area contributed by atoms with Gasteiger partial charge in [0.05, 0.1) is 5.92 Å². The molecule has 1 heterocycles. The fourth-order valence-electron chi connectivity index (χ4n) is 3.29. The standard InChI is InChI=1S/C14H23NO3/c1-2-10-3-6-12(7-4-10)15-9-11(14(17)18)5-8-13(15)16/h10-12H,2-9H2,1H3,(H,17,18). The molecule has 1 saturated carbocycles. The number of hydrogen-bond donors (Lipinski definition) is 1. The highest BCUT2D eigenvalue weighted by molar-refractivity contribution is 5.80. The quantitative estimate of drug-likeness (QED) is 0.839. The first-order valence-corrected chi connectivity index (χ1v) is 7.14. The molecule has 2 rings (SSSR count). The van der Waals surface area contributed by atoms with Gasteiger partial charge >= 0.3 is 5.97 Å². The Bertz CT molecular complexity index is 321. The van der Waals surface area contributed by atoms with Gasteiger partial charge < -0.3 is 10.0 Å². The smallest absolute Gasteiger partial charge is 0.308 e. The van der Waals surface area contributed by atoms with E-state index in [1.165, 1.54) is 19.3 Å². The lowest BCUT2D eigenvalue weighted by Crippen LogP contribution is -2.49. The summed E-state index contributed by atoms with van der Waals surface area (Å²) < 4.78 is 0. The SMILES string of the molecule is CCC1CCC(N2CC(C(=O)O)CCC2=O)CC1. The van der Waals surface area contributed by atoms with Gasteiger partial charge in [-0.25, -0.2) is 0 Å². The molecule has 0 spiro atoms. The molecule has 1 atom stereocenters. The van der Waals surface area contributed by atoms with E-state index < -0.39 is 5.97 Å².